The first-order valence-corrected chi connectivity index (χ1v) is 6.19. The zero-order valence-electron chi connectivity index (χ0n) is 11.1. The van der Waals surface area contributed by atoms with E-state index in [0.29, 0.717) is 23.8 Å². The zero-order chi connectivity index (χ0) is 13.0. The second-order valence-electron chi connectivity index (χ2n) is 4.35. The predicted molar refractivity (Wildman–Crippen MR) is 76.2 cm³/mol. The minimum absolute atomic E-state index is 0. The Balaban J connectivity index is 0.00000180. The number of benzene rings is 1. The van der Waals surface area contributed by atoms with E-state index in [-0.39, 0.29) is 25.2 Å². The Bertz CT molecular complexity index is 415. The van der Waals surface area contributed by atoms with Gasteiger partial charge in [0.1, 0.15) is 0 Å². The molecule has 0 unspecified atom stereocenters. The molecule has 0 radical (unpaired) electrons. The molecule has 0 spiro atoms. The average Bonchev–Trinajstić information content (AvgIpc) is 2.85. The van der Waals surface area contributed by atoms with Crippen LogP contribution in [0.2, 0.25) is 0 Å². The van der Waals surface area contributed by atoms with Gasteiger partial charge in [-0.05, 0) is 37.1 Å². The van der Waals surface area contributed by atoms with Crippen LogP contribution in [0.1, 0.15) is 30.9 Å². The Morgan fingerprint density at radius 3 is 2.79 bits per heavy atom. The standard InChI is InChI=1S/C13H20N2O3.ClH/c1-16-11-6-9(10(15)4-2-3-5-14)7-12-13(11)18-8-17-12;/h6-7,10H,2-5,8,14-15H2,1H3;1H/t10-;/m1./s1. The minimum atomic E-state index is -0.0278. The summed E-state index contributed by atoms with van der Waals surface area (Å²) in [4.78, 5) is 0. The third-order valence-corrected chi connectivity index (χ3v) is 3.08. The van der Waals surface area contributed by atoms with Crippen LogP contribution in [-0.4, -0.2) is 20.4 Å². The first-order valence-electron chi connectivity index (χ1n) is 6.19. The van der Waals surface area contributed by atoms with Crippen LogP contribution in [0.25, 0.3) is 0 Å². The second kappa shape index (κ2) is 7.43. The van der Waals surface area contributed by atoms with Crippen molar-refractivity contribution < 1.29 is 14.2 Å². The molecule has 1 aromatic rings. The molecule has 1 heterocycles. The van der Waals surface area contributed by atoms with Crippen molar-refractivity contribution in [1.29, 1.82) is 0 Å². The summed E-state index contributed by atoms with van der Waals surface area (Å²) >= 11 is 0. The van der Waals surface area contributed by atoms with E-state index in [0.717, 1.165) is 24.8 Å². The van der Waals surface area contributed by atoms with Gasteiger partial charge in [0.15, 0.2) is 11.5 Å². The van der Waals surface area contributed by atoms with Crippen LogP contribution in [0.4, 0.5) is 0 Å². The highest BCUT2D eigenvalue weighted by Gasteiger charge is 2.21. The molecule has 4 N–H and O–H groups in total. The molecule has 5 nitrogen and oxygen atoms in total. The van der Waals surface area contributed by atoms with Gasteiger partial charge in [0.25, 0.3) is 0 Å². The summed E-state index contributed by atoms with van der Waals surface area (Å²) in [7, 11) is 1.61. The van der Waals surface area contributed by atoms with Crippen LogP contribution in [0.5, 0.6) is 17.2 Å². The Morgan fingerprint density at radius 2 is 2.11 bits per heavy atom. The molecule has 0 amide bonds. The Kier molecular flexibility index (Phi) is 6.21. The molecule has 1 aliphatic heterocycles. The van der Waals surface area contributed by atoms with Gasteiger partial charge in [-0.3, -0.25) is 0 Å². The van der Waals surface area contributed by atoms with Gasteiger partial charge >= 0.3 is 0 Å². The second-order valence-corrected chi connectivity index (χ2v) is 4.35. The van der Waals surface area contributed by atoms with Crippen LogP contribution in [0.3, 0.4) is 0 Å². The number of hydrogen-bond acceptors (Lipinski definition) is 5. The molecule has 108 valence electrons. The fourth-order valence-corrected chi connectivity index (χ4v) is 2.04. The van der Waals surface area contributed by atoms with Gasteiger partial charge in [-0.25, -0.2) is 0 Å². The first kappa shape index (κ1) is 15.9. The average molecular weight is 289 g/mol. The lowest BCUT2D eigenvalue weighted by atomic mass is 10.0. The van der Waals surface area contributed by atoms with E-state index in [1.165, 1.54) is 0 Å². The smallest absolute Gasteiger partial charge is 0.231 e. The first-order chi connectivity index (χ1) is 8.76. The van der Waals surface area contributed by atoms with E-state index in [4.69, 9.17) is 25.7 Å². The lowest BCUT2D eigenvalue weighted by molar-refractivity contribution is 0.171. The Labute approximate surface area is 119 Å². The molecule has 0 aromatic heterocycles. The van der Waals surface area contributed by atoms with E-state index in [1.54, 1.807) is 7.11 Å². The number of fused-ring (bicyclic) bond motifs is 1. The highest BCUT2D eigenvalue weighted by molar-refractivity contribution is 5.85. The van der Waals surface area contributed by atoms with Crippen molar-refractivity contribution in [1.82, 2.24) is 0 Å². The van der Waals surface area contributed by atoms with Gasteiger partial charge in [-0.1, -0.05) is 6.42 Å². The number of nitrogens with two attached hydrogens (primary N) is 2. The van der Waals surface area contributed by atoms with Gasteiger partial charge < -0.3 is 25.7 Å². The van der Waals surface area contributed by atoms with Gasteiger partial charge in [0, 0.05) is 6.04 Å². The highest BCUT2D eigenvalue weighted by Crippen LogP contribution is 2.43. The van der Waals surface area contributed by atoms with Gasteiger partial charge in [-0.15, -0.1) is 12.4 Å². The maximum absolute atomic E-state index is 6.16. The van der Waals surface area contributed by atoms with Crippen LogP contribution in [0.15, 0.2) is 12.1 Å². The number of hydrogen-bond donors (Lipinski definition) is 2. The third kappa shape index (κ3) is 3.65. The zero-order valence-corrected chi connectivity index (χ0v) is 11.9. The molecule has 19 heavy (non-hydrogen) atoms. The lowest BCUT2D eigenvalue weighted by Crippen LogP contribution is -2.11. The van der Waals surface area contributed by atoms with Crippen LogP contribution in [0, 0.1) is 0 Å². The van der Waals surface area contributed by atoms with Crippen molar-refractivity contribution >= 4 is 12.4 Å². The Morgan fingerprint density at radius 1 is 1.32 bits per heavy atom. The summed E-state index contributed by atoms with van der Waals surface area (Å²) < 4.78 is 16.0. The molecular weight excluding hydrogens is 268 g/mol. The van der Waals surface area contributed by atoms with Crippen molar-refractivity contribution in [3.05, 3.63) is 17.7 Å². The van der Waals surface area contributed by atoms with E-state index < -0.39 is 0 Å². The van der Waals surface area contributed by atoms with Gasteiger partial charge in [-0.2, -0.15) is 0 Å². The normalized spacial score (nSPS) is 13.8. The number of halogens is 1. The maximum Gasteiger partial charge on any atom is 0.231 e. The van der Waals surface area contributed by atoms with Crippen molar-refractivity contribution in [2.75, 3.05) is 20.4 Å². The topological polar surface area (TPSA) is 79.7 Å². The summed E-state index contributed by atoms with van der Waals surface area (Å²) in [6, 6.07) is 3.82. The molecule has 0 fully saturated rings. The molecule has 1 aromatic carbocycles. The number of unbranched alkanes of at least 4 members (excludes halogenated alkanes) is 1. The number of methoxy groups -OCH3 is 1. The van der Waals surface area contributed by atoms with Crippen molar-refractivity contribution in [2.24, 2.45) is 11.5 Å². The fourth-order valence-electron chi connectivity index (χ4n) is 2.04. The maximum atomic E-state index is 6.16. The Hall–Kier alpha value is -1.17. The molecule has 2 rings (SSSR count). The molecule has 1 aliphatic rings. The molecule has 1 atom stereocenters. The summed E-state index contributed by atoms with van der Waals surface area (Å²) in [5.41, 5.74) is 12.6. The molecule has 0 bridgehead atoms. The van der Waals surface area contributed by atoms with Crippen molar-refractivity contribution in [2.45, 2.75) is 25.3 Å². The summed E-state index contributed by atoms with van der Waals surface area (Å²) in [6.45, 7) is 0.939. The number of rotatable bonds is 6. The van der Waals surface area contributed by atoms with Crippen LogP contribution >= 0.6 is 12.4 Å². The lowest BCUT2D eigenvalue weighted by Gasteiger charge is -2.14. The van der Waals surface area contributed by atoms with Crippen molar-refractivity contribution in [3.8, 4) is 17.2 Å². The monoisotopic (exact) mass is 288 g/mol. The summed E-state index contributed by atoms with van der Waals surface area (Å²) in [5.74, 6) is 2.04. The molecule has 6 heteroatoms. The van der Waals surface area contributed by atoms with E-state index >= 15 is 0 Å². The highest BCUT2D eigenvalue weighted by atomic mass is 35.5. The van der Waals surface area contributed by atoms with Gasteiger partial charge in [0.05, 0.1) is 7.11 Å². The third-order valence-electron chi connectivity index (χ3n) is 3.08. The van der Waals surface area contributed by atoms with E-state index in [1.807, 2.05) is 12.1 Å². The fraction of sp³-hybridized carbons (Fsp3) is 0.538. The van der Waals surface area contributed by atoms with Crippen LogP contribution < -0.4 is 25.7 Å². The SMILES string of the molecule is COc1cc([C@H](N)CCCCN)cc2c1OCO2.Cl. The van der Waals surface area contributed by atoms with E-state index in [9.17, 15) is 0 Å². The number of ether oxygens (including phenoxy) is 3. The predicted octanol–water partition coefficient (Wildman–Crippen LogP) is 1.97. The van der Waals surface area contributed by atoms with Gasteiger partial charge in [0.2, 0.25) is 12.5 Å². The summed E-state index contributed by atoms with van der Waals surface area (Å²) in [6.07, 6.45) is 2.92. The minimum Gasteiger partial charge on any atom is -0.493 e. The molecular formula is C13H21ClN2O3. The quantitative estimate of drug-likeness (QED) is 0.783. The summed E-state index contributed by atoms with van der Waals surface area (Å²) in [5, 5.41) is 0. The molecule has 0 saturated heterocycles. The molecule has 0 saturated carbocycles. The molecule has 0 aliphatic carbocycles. The van der Waals surface area contributed by atoms with Crippen LogP contribution in [-0.2, 0) is 0 Å². The van der Waals surface area contributed by atoms with E-state index in [2.05, 4.69) is 0 Å². The largest absolute Gasteiger partial charge is 0.493 e. The van der Waals surface area contributed by atoms with Crippen molar-refractivity contribution in [3.63, 3.8) is 0 Å².